The number of aromatic nitrogens is 3. The lowest BCUT2D eigenvalue weighted by Crippen LogP contribution is -2.47. The summed E-state index contributed by atoms with van der Waals surface area (Å²) in [6.07, 6.45) is 4.11. The van der Waals surface area contributed by atoms with Gasteiger partial charge in [-0.3, -0.25) is 4.79 Å². The van der Waals surface area contributed by atoms with Crippen LogP contribution in [0.3, 0.4) is 0 Å². The predicted octanol–water partition coefficient (Wildman–Crippen LogP) is 1.42. The molecule has 0 bridgehead atoms. The summed E-state index contributed by atoms with van der Waals surface area (Å²) in [6.45, 7) is 3.56. The lowest BCUT2D eigenvalue weighted by Gasteiger charge is -2.35. The number of Topliss-reactive ketones (excluding diaryl/α,β-unsaturated/α-hetero) is 1. The van der Waals surface area contributed by atoms with E-state index in [1.165, 1.54) is 11.8 Å². The number of anilines is 2. The SMILES string of the molecule is O=C1CSc2nc(N3CCN(c4ccccn4)CC3)ncc2C1. The van der Waals surface area contributed by atoms with Gasteiger partial charge in [0.2, 0.25) is 5.95 Å². The minimum absolute atomic E-state index is 0.253. The number of rotatable bonds is 2. The van der Waals surface area contributed by atoms with Crippen LogP contribution in [0.2, 0.25) is 0 Å². The zero-order valence-corrected chi connectivity index (χ0v) is 13.5. The van der Waals surface area contributed by atoms with E-state index in [2.05, 4.69) is 24.8 Å². The highest BCUT2D eigenvalue weighted by Crippen LogP contribution is 2.28. The van der Waals surface area contributed by atoms with Crippen molar-refractivity contribution in [3.8, 4) is 0 Å². The number of nitrogens with zero attached hydrogens (tertiary/aromatic N) is 5. The molecule has 4 heterocycles. The molecular weight excluding hydrogens is 310 g/mol. The van der Waals surface area contributed by atoms with E-state index in [1.54, 1.807) is 0 Å². The molecule has 1 fully saturated rings. The third-order valence-corrected chi connectivity index (χ3v) is 5.20. The molecule has 6 nitrogen and oxygen atoms in total. The predicted molar refractivity (Wildman–Crippen MR) is 90.1 cm³/mol. The van der Waals surface area contributed by atoms with Crippen molar-refractivity contribution in [2.24, 2.45) is 0 Å². The maximum atomic E-state index is 11.5. The van der Waals surface area contributed by atoms with Crippen LogP contribution in [0.4, 0.5) is 11.8 Å². The Bertz CT molecular complexity index is 716. The number of piperazine rings is 1. The molecule has 2 aliphatic heterocycles. The fraction of sp³-hybridized carbons (Fsp3) is 0.375. The number of hydrogen-bond donors (Lipinski definition) is 0. The fourth-order valence-electron chi connectivity index (χ4n) is 2.87. The Morgan fingerprint density at radius 2 is 1.87 bits per heavy atom. The molecule has 0 aromatic carbocycles. The van der Waals surface area contributed by atoms with Crippen molar-refractivity contribution in [2.75, 3.05) is 41.7 Å². The first kappa shape index (κ1) is 14.4. The molecule has 0 atom stereocenters. The second kappa shape index (κ2) is 6.16. The van der Waals surface area contributed by atoms with Crippen molar-refractivity contribution in [1.82, 2.24) is 15.0 Å². The summed E-state index contributed by atoms with van der Waals surface area (Å²) in [7, 11) is 0. The monoisotopic (exact) mass is 327 g/mol. The minimum Gasteiger partial charge on any atom is -0.353 e. The van der Waals surface area contributed by atoms with Crippen LogP contribution in [0.15, 0.2) is 35.6 Å². The van der Waals surface area contributed by atoms with Gasteiger partial charge in [0.05, 0.1) is 5.75 Å². The molecule has 2 aromatic rings. The molecular formula is C16H17N5OS. The Kier molecular flexibility index (Phi) is 3.87. The van der Waals surface area contributed by atoms with Crippen LogP contribution in [-0.4, -0.2) is 52.7 Å². The number of thioether (sulfide) groups is 1. The van der Waals surface area contributed by atoms with Crippen LogP contribution in [0.25, 0.3) is 0 Å². The summed E-state index contributed by atoms with van der Waals surface area (Å²) in [5.41, 5.74) is 0.960. The molecule has 0 aliphatic carbocycles. The van der Waals surface area contributed by atoms with Crippen molar-refractivity contribution in [1.29, 1.82) is 0 Å². The molecule has 1 saturated heterocycles. The van der Waals surface area contributed by atoms with Crippen LogP contribution in [-0.2, 0) is 11.2 Å². The standard InChI is InChI=1S/C16H17N5OS/c22-13-9-12-10-18-16(19-15(12)23-11-13)21-7-5-20(6-8-21)14-3-1-2-4-17-14/h1-4,10H,5-9,11H2. The Hall–Kier alpha value is -2.15. The molecule has 0 N–H and O–H groups in total. The van der Waals surface area contributed by atoms with Crippen molar-refractivity contribution >= 4 is 29.3 Å². The van der Waals surface area contributed by atoms with Gasteiger partial charge in [-0.15, -0.1) is 0 Å². The summed E-state index contributed by atoms with van der Waals surface area (Å²) in [4.78, 5) is 29.5. The molecule has 2 aliphatic rings. The van der Waals surface area contributed by atoms with E-state index in [0.29, 0.717) is 12.2 Å². The van der Waals surface area contributed by atoms with Crippen molar-refractivity contribution in [2.45, 2.75) is 11.4 Å². The van der Waals surface area contributed by atoms with E-state index in [9.17, 15) is 4.79 Å². The summed E-state index contributed by atoms with van der Waals surface area (Å²) in [5.74, 6) is 2.57. The van der Waals surface area contributed by atoms with E-state index < -0.39 is 0 Å². The Morgan fingerprint density at radius 3 is 2.65 bits per heavy atom. The summed E-state index contributed by atoms with van der Waals surface area (Å²) >= 11 is 1.52. The highest BCUT2D eigenvalue weighted by atomic mass is 32.2. The van der Waals surface area contributed by atoms with Gasteiger partial charge in [0, 0.05) is 50.6 Å². The smallest absolute Gasteiger partial charge is 0.226 e. The molecule has 4 rings (SSSR count). The lowest BCUT2D eigenvalue weighted by atomic mass is 10.2. The maximum Gasteiger partial charge on any atom is 0.226 e. The van der Waals surface area contributed by atoms with Crippen LogP contribution in [0.5, 0.6) is 0 Å². The van der Waals surface area contributed by atoms with Gasteiger partial charge in [-0.25, -0.2) is 15.0 Å². The molecule has 118 valence electrons. The summed E-state index contributed by atoms with van der Waals surface area (Å²) in [5, 5.41) is 0.960. The first-order valence-electron chi connectivity index (χ1n) is 7.71. The average Bonchev–Trinajstić information content (AvgIpc) is 2.62. The van der Waals surface area contributed by atoms with Crippen molar-refractivity contribution < 1.29 is 4.79 Å². The van der Waals surface area contributed by atoms with Crippen LogP contribution >= 0.6 is 11.8 Å². The van der Waals surface area contributed by atoms with Gasteiger partial charge < -0.3 is 9.80 Å². The number of ketones is 1. The summed E-state index contributed by atoms with van der Waals surface area (Å²) in [6, 6.07) is 5.99. The largest absolute Gasteiger partial charge is 0.353 e. The topological polar surface area (TPSA) is 62.2 Å². The molecule has 0 unspecified atom stereocenters. The first-order chi connectivity index (χ1) is 11.3. The highest BCUT2D eigenvalue weighted by Gasteiger charge is 2.23. The molecule has 0 radical (unpaired) electrons. The average molecular weight is 327 g/mol. The maximum absolute atomic E-state index is 11.5. The Balaban J connectivity index is 1.45. The van der Waals surface area contributed by atoms with E-state index in [0.717, 1.165) is 48.5 Å². The Labute approximate surface area is 138 Å². The quantitative estimate of drug-likeness (QED) is 0.773. The van der Waals surface area contributed by atoms with Gasteiger partial charge in [0.25, 0.3) is 0 Å². The normalized spacial score (nSPS) is 18.0. The first-order valence-corrected chi connectivity index (χ1v) is 8.69. The van der Waals surface area contributed by atoms with Gasteiger partial charge >= 0.3 is 0 Å². The summed E-state index contributed by atoms with van der Waals surface area (Å²) < 4.78 is 0. The number of pyridine rings is 1. The number of hydrogen-bond acceptors (Lipinski definition) is 7. The van der Waals surface area contributed by atoms with E-state index in [4.69, 9.17) is 0 Å². The molecule has 7 heteroatoms. The third-order valence-electron chi connectivity index (χ3n) is 4.11. The van der Waals surface area contributed by atoms with Gasteiger partial charge in [-0.05, 0) is 12.1 Å². The third kappa shape index (κ3) is 3.01. The van der Waals surface area contributed by atoms with Gasteiger partial charge in [-0.1, -0.05) is 17.8 Å². The van der Waals surface area contributed by atoms with Gasteiger partial charge in [0.15, 0.2) is 0 Å². The number of carbonyl (C=O) groups is 1. The van der Waals surface area contributed by atoms with Gasteiger partial charge in [0.1, 0.15) is 16.6 Å². The van der Waals surface area contributed by atoms with Gasteiger partial charge in [-0.2, -0.15) is 0 Å². The highest BCUT2D eigenvalue weighted by molar-refractivity contribution is 8.00. The number of carbonyl (C=O) groups excluding carboxylic acids is 1. The molecule has 0 amide bonds. The number of fused-ring (bicyclic) bond motifs is 1. The van der Waals surface area contributed by atoms with E-state index in [1.807, 2.05) is 30.6 Å². The van der Waals surface area contributed by atoms with Crippen LogP contribution in [0, 0.1) is 0 Å². The molecule has 2 aromatic heterocycles. The van der Waals surface area contributed by atoms with Crippen LogP contribution in [0.1, 0.15) is 5.56 Å². The fourth-order valence-corrected chi connectivity index (χ4v) is 3.73. The zero-order valence-electron chi connectivity index (χ0n) is 12.7. The lowest BCUT2D eigenvalue weighted by molar-refractivity contribution is -0.116. The van der Waals surface area contributed by atoms with E-state index >= 15 is 0 Å². The zero-order chi connectivity index (χ0) is 15.6. The van der Waals surface area contributed by atoms with Crippen molar-refractivity contribution in [3.63, 3.8) is 0 Å². The molecule has 0 spiro atoms. The Morgan fingerprint density at radius 1 is 1.04 bits per heavy atom. The second-order valence-electron chi connectivity index (χ2n) is 5.67. The molecule has 23 heavy (non-hydrogen) atoms. The molecule has 0 saturated carbocycles. The second-order valence-corrected chi connectivity index (χ2v) is 6.63. The van der Waals surface area contributed by atoms with E-state index in [-0.39, 0.29) is 5.78 Å². The van der Waals surface area contributed by atoms with Crippen LogP contribution < -0.4 is 9.80 Å². The minimum atomic E-state index is 0.253. The van der Waals surface area contributed by atoms with Crippen molar-refractivity contribution in [3.05, 3.63) is 36.2 Å².